The van der Waals surface area contributed by atoms with Crippen LogP contribution in [0, 0.1) is 0 Å². The van der Waals surface area contributed by atoms with Gasteiger partial charge in [-0.3, -0.25) is 5.32 Å². The summed E-state index contributed by atoms with van der Waals surface area (Å²) in [4.78, 5) is 15.7. The number of carbonyl (C=O) groups is 1. The minimum absolute atomic E-state index is 0.127. The third-order valence-electron chi connectivity index (χ3n) is 2.00. The molecule has 0 bridgehead atoms. The highest BCUT2D eigenvalue weighted by Crippen LogP contribution is 2.11. The molecule has 0 aliphatic heterocycles. The first-order valence-electron chi connectivity index (χ1n) is 5.07. The van der Waals surface area contributed by atoms with E-state index in [1.807, 2.05) is 0 Å². The van der Waals surface area contributed by atoms with E-state index in [0.717, 1.165) is 0 Å². The van der Waals surface area contributed by atoms with Crippen molar-refractivity contribution in [2.75, 3.05) is 5.32 Å². The van der Waals surface area contributed by atoms with Crippen molar-refractivity contribution in [3.63, 3.8) is 0 Å². The Hall–Kier alpha value is -2.42. The van der Waals surface area contributed by atoms with Gasteiger partial charge < -0.3 is 14.6 Å². The van der Waals surface area contributed by atoms with E-state index in [1.54, 1.807) is 0 Å². The van der Waals surface area contributed by atoms with Gasteiger partial charge >= 0.3 is 6.09 Å². The summed E-state index contributed by atoms with van der Waals surface area (Å²) < 4.78 is 5.03. The topological polar surface area (TPSA) is 126 Å². The number of oxazole rings is 1. The number of hydrogen-bond acceptors (Lipinski definition) is 6. The SMILES string of the molecule is CC(O)c1nc(Cn2ncc(NC(=O)O)n2)co1. The van der Waals surface area contributed by atoms with Crippen molar-refractivity contribution in [3.8, 4) is 0 Å². The Kier molecular flexibility index (Phi) is 3.24. The van der Waals surface area contributed by atoms with Crippen LogP contribution in [0.4, 0.5) is 10.6 Å². The van der Waals surface area contributed by atoms with Gasteiger partial charge in [0.05, 0.1) is 6.20 Å². The smallest absolute Gasteiger partial charge is 0.410 e. The zero-order valence-corrected chi connectivity index (χ0v) is 9.44. The molecule has 3 N–H and O–H groups in total. The number of hydrogen-bond donors (Lipinski definition) is 3. The van der Waals surface area contributed by atoms with E-state index in [0.29, 0.717) is 5.69 Å². The van der Waals surface area contributed by atoms with E-state index >= 15 is 0 Å². The molecule has 0 aliphatic rings. The predicted molar refractivity (Wildman–Crippen MR) is 57.9 cm³/mol. The second kappa shape index (κ2) is 4.84. The van der Waals surface area contributed by atoms with Gasteiger partial charge in [-0.2, -0.15) is 9.90 Å². The summed E-state index contributed by atoms with van der Waals surface area (Å²) in [5.74, 6) is 0.336. The van der Waals surface area contributed by atoms with Gasteiger partial charge in [-0.1, -0.05) is 0 Å². The van der Waals surface area contributed by atoms with Crippen molar-refractivity contribution in [3.05, 3.63) is 24.0 Å². The summed E-state index contributed by atoms with van der Waals surface area (Å²) >= 11 is 0. The molecule has 0 saturated heterocycles. The normalized spacial score (nSPS) is 12.3. The number of nitrogens with zero attached hydrogens (tertiary/aromatic N) is 4. The molecule has 9 heteroatoms. The molecule has 18 heavy (non-hydrogen) atoms. The van der Waals surface area contributed by atoms with Crippen LogP contribution in [-0.2, 0) is 6.54 Å². The molecular weight excluding hydrogens is 242 g/mol. The average molecular weight is 253 g/mol. The van der Waals surface area contributed by atoms with Crippen LogP contribution in [0.3, 0.4) is 0 Å². The first kappa shape index (κ1) is 12.0. The minimum atomic E-state index is -1.21. The van der Waals surface area contributed by atoms with Crippen LogP contribution in [0.5, 0.6) is 0 Å². The third kappa shape index (κ3) is 2.83. The van der Waals surface area contributed by atoms with Crippen LogP contribution >= 0.6 is 0 Å². The van der Waals surface area contributed by atoms with E-state index in [2.05, 4.69) is 20.5 Å². The first-order valence-corrected chi connectivity index (χ1v) is 5.07. The van der Waals surface area contributed by atoms with Crippen molar-refractivity contribution in [2.45, 2.75) is 19.6 Å². The van der Waals surface area contributed by atoms with Gasteiger partial charge in [0, 0.05) is 0 Å². The number of aromatic nitrogens is 4. The largest absolute Gasteiger partial charge is 0.465 e. The monoisotopic (exact) mass is 253 g/mol. The van der Waals surface area contributed by atoms with Gasteiger partial charge in [0.2, 0.25) is 5.89 Å². The van der Waals surface area contributed by atoms with Crippen LogP contribution in [0.2, 0.25) is 0 Å². The second-order valence-corrected chi connectivity index (χ2v) is 3.54. The summed E-state index contributed by atoms with van der Waals surface area (Å²) in [5.41, 5.74) is 0.531. The molecule has 0 aromatic carbocycles. The molecule has 0 saturated carbocycles. The first-order chi connectivity index (χ1) is 8.54. The molecule has 0 fully saturated rings. The zero-order valence-electron chi connectivity index (χ0n) is 9.44. The van der Waals surface area contributed by atoms with Crippen LogP contribution in [0.1, 0.15) is 24.6 Å². The van der Waals surface area contributed by atoms with E-state index < -0.39 is 12.2 Å². The molecule has 2 heterocycles. The predicted octanol–water partition coefficient (Wildman–Crippen LogP) is 0.458. The molecule has 96 valence electrons. The fourth-order valence-corrected chi connectivity index (χ4v) is 1.27. The quantitative estimate of drug-likeness (QED) is 0.722. The van der Waals surface area contributed by atoms with Crippen LogP contribution < -0.4 is 5.32 Å². The summed E-state index contributed by atoms with van der Waals surface area (Å²) in [6, 6.07) is 0. The summed E-state index contributed by atoms with van der Waals surface area (Å²) in [5, 5.41) is 27.5. The third-order valence-corrected chi connectivity index (χ3v) is 2.00. The summed E-state index contributed by atoms with van der Waals surface area (Å²) in [6.45, 7) is 1.76. The highest BCUT2D eigenvalue weighted by atomic mass is 16.4. The minimum Gasteiger partial charge on any atom is -0.465 e. The van der Waals surface area contributed by atoms with Crippen molar-refractivity contribution >= 4 is 11.9 Å². The van der Waals surface area contributed by atoms with Gasteiger partial charge in [0.15, 0.2) is 5.82 Å². The van der Waals surface area contributed by atoms with Gasteiger partial charge in [-0.05, 0) is 6.92 Å². The maximum absolute atomic E-state index is 10.4. The molecule has 1 unspecified atom stereocenters. The lowest BCUT2D eigenvalue weighted by Gasteiger charge is -1.96. The number of aliphatic hydroxyl groups is 1. The lowest BCUT2D eigenvalue weighted by molar-refractivity contribution is 0.163. The average Bonchev–Trinajstić information content (AvgIpc) is 2.88. The number of amides is 1. The van der Waals surface area contributed by atoms with Crippen molar-refractivity contribution in [2.24, 2.45) is 0 Å². The van der Waals surface area contributed by atoms with Gasteiger partial charge in [-0.15, -0.1) is 5.10 Å². The molecule has 2 aromatic rings. The molecule has 0 radical (unpaired) electrons. The number of anilines is 1. The van der Waals surface area contributed by atoms with Gasteiger partial charge in [0.1, 0.15) is 24.6 Å². The number of rotatable bonds is 4. The number of aliphatic hydroxyl groups excluding tert-OH is 1. The molecule has 0 aliphatic carbocycles. The molecule has 2 aromatic heterocycles. The molecule has 1 amide bonds. The van der Waals surface area contributed by atoms with Crippen molar-refractivity contribution in [1.82, 2.24) is 20.0 Å². The Balaban J connectivity index is 2.04. The van der Waals surface area contributed by atoms with E-state index in [-0.39, 0.29) is 18.3 Å². The zero-order chi connectivity index (χ0) is 13.1. The van der Waals surface area contributed by atoms with Crippen molar-refractivity contribution < 1.29 is 19.4 Å². The highest BCUT2D eigenvalue weighted by Gasteiger charge is 2.10. The van der Waals surface area contributed by atoms with Crippen molar-refractivity contribution in [1.29, 1.82) is 0 Å². The number of carboxylic acid groups (broad SMARTS) is 1. The Morgan fingerprint density at radius 3 is 3.06 bits per heavy atom. The van der Waals surface area contributed by atoms with E-state index in [9.17, 15) is 9.90 Å². The Labute approximate surface area is 101 Å². The van der Waals surface area contributed by atoms with Gasteiger partial charge in [-0.25, -0.2) is 9.78 Å². The summed E-state index contributed by atoms with van der Waals surface area (Å²) in [6.07, 6.45) is 0.674. The lowest BCUT2D eigenvalue weighted by atomic mass is 10.4. The molecule has 1 atom stereocenters. The van der Waals surface area contributed by atoms with Crippen LogP contribution in [0.15, 0.2) is 16.9 Å². The van der Waals surface area contributed by atoms with E-state index in [4.69, 9.17) is 9.52 Å². The van der Waals surface area contributed by atoms with E-state index in [1.165, 1.54) is 24.2 Å². The lowest BCUT2D eigenvalue weighted by Crippen LogP contribution is -2.09. The highest BCUT2D eigenvalue weighted by molar-refractivity contribution is 5.80. The maximum atomic E-state index is 10.4. The number of nitrogens with one attached hydrogen (secondary N) is 1. The molecule has 0 spiro atoms. The fraction of sp³-hybridized carbons (Fsp3) is 0.333. The Bertz CT molecular complexity index is 547. The molecular formula is C9H11N5O4. The van der Waals surface area contributed by atoms with Gasteiger partial charge in [0.25, 0.3) is 0 Å². The summed E-state index contributed by atoms with van der Waals surface area (Å²) in [7, 11) is 0. The molecule has 2 rings (SSSR count). The Morgan fingerprint density at radius 1 is 1.67 bits per heavy atom. The van der Waals surface area contributed by atoms with Crippen LogP contribution in [0.25, 0.3) is 0 Å². The maximum Gasteiger partial charge on any atom is 0.410 e. The second-order valence-electron chi connectivity index (χ2n) is 3.54. The van der Waals surface area contributed by atoms with Crippen LogP contribution in [-0.4, -0.2) is 36.3 Å². The standard InChI is InChI=1S/C9H11N5O4/c1-5(15)8-11-6(4-18-8)3-14-10-2-7(13-14)12-9(16)17/h2,4-5,15H,3H2,1H3,(H,12,13)(H,16,17). The Morgan fingerprint density at radius 2 is 2.44 bits per heavy atom. The molecule has 9 nitrogen and oxygen atoms in total. The fourth-order valence-electron chi connectivity index (χ4n) is 1.27.